The minimum Gasteiger partial charge on any atom is -0.360 e. The van der Waals surface area contributed by atoms with E-state index in [1.54, 1.807) is 0 Å². The Balaban J connectivity index is 1.17. The zero-order valence-electron chi connectivity index (χ0n) is 37.4. The zero-order chi connectivity index (χ0) is 43.6. The van der Waals surface area contributed by atoms with Gasteiger partial charge in [-0.2, -0.15) is 0 Å². The van der Waals surface area contributed by atoms with Crippen LogP contribution in [0.4, 0.5) is 22.7 Å². The molecule has 8 heteroatoms. The van der Waals surface area contributed by atoms with E-state index >= 15 is 0 Å². The van der Waals surface area contributed by atoms with Gasteiger partial charge in [0.2, 0.25) is 0 Å². The predicted octanol–water partition coefficient (Wildman–Crippen LogP) is 10.9. The number of imidazole rings is 1. The van der Waals surface area contributed by atoms with Gasteiger partial charge in [-0.3, -0.25) is 13.7 Å². The molecule has 6 nitrogen and oxygen atoms in total. The molecule has 0 saturated heterocycles. The quantitative estimate of drug-likeness (QED) is 0.0983. The lowest BCUT2D eigenvalue weighted by molar-refractivity contribution is -0.572. The Labute approximate surface area is 376 Å². The monoisotopic (exact) mass is 844 g/mol. The first kappa shape index (κ1) is 38.5. The lowest BCUT2D eigenvalue weighted by Crippen LogP contribution is -2.57. The van der Waals surface area contributed by atoms with E-state index < -0.39 is 8.07 Å². The number of anilines is 4. The average Bonchev–Trinajstić information content (AvgIpc) is 3.96. The van der Waals surface area contributed by atoms with Crippen molar-refractivity contribution in [2.75, 3.05) is 9.62 Å². The molecule has 10 aromatic rings. The summed E-state index contributed by atoms with van der Waals surface area (Å²) in [6.07, 6.45) is 5.85. The van der Waals surface area contributed by atoms with Gasteiger partial charge in [-0.25, -0.2) is 4.98 Å². The van der Waals surface area contributed by atoms with Crippen molar-refractivity contribution in [3.05, 3.63) is 193 Å². The molecule has 0 amide bonds. The van der Waals surface area contributed by atoms with Crippen LogP contribution in [0.2, 0.25) is 13.1 Å². The number of rotatable bonds is 5. The normalized spacial score (nSPS) is 14.2. The first-order valence-corrected chi connectivity index (χ1v) is 25.4. The molecule has 0 N–H and O–H groups in total. The number of nitrogens with zero attached hydrogens (tertiary/aromatic N) is 6. The van der Waals surface area contributed by atoms with Crippen LogP contribution in [0.15, 0.2) is 170 Å². The number of hydrogen-bond acceptors (Lipinski definition) is 3. The summed E-state index contributed by atoms with van der Waals surface area (Å²) >= 11 is 0. The van der Waals surface area contributed by atoms with Crippen molar-refractivity contribution >= 4 is 86.5 Å². The van der Waals surface area contributed by atoms with Crippen molar-refractivity contribution in [2.24, 2.45) is 0 Å². The third-order valence-electron chi connectivity index (χ3n) is 14.0. The third kappa shape index (κ3) is 5.58. The number of benzene rings is 7. The highest BCUT2D eigenvalue weighted by Gasteiger charge is 2.47. The molecule has 0 unspecified atom stereocenters. The summed E-state index contributed by atoms with van der Waals surface area (Å²) in [4.78, 5) is 10.3. The molecule has 0 saturated carbocycles. The fraction of sp³-hybridized carbons (Fsp3) is 0.143. The maximum atomic E-state index is 5.06. The minimum atomic E-state index is -2.28. The van der Waals surface area contributed by atoms with Gasteiger partial charge in [0, 0.05) is 28.3 Å². The van der Waals surface area contributed by atoms with Crippen molar-refractivity contribution in [1.82, 2.24) is 14.1 Å². The molecule has 64 heavy (non-hydrogen) atoms. The van der Waals surface area contributed by atoms with Crippen LogP contribution >= 0.6 is 0 Å². The van der Waals surface area contributed by atoms with E-state index in [1.807, 2.05) is 6.20 Å². The maximum absolute atomic E-state index is 5.06. The highest BCUT2D eigenvalue weighted by atomic mass is 28.3. The Hall–Kier alpha value is -7.16. The van der Waals surface area contributed by atoms with Crippen LogP contribution < -0.4 is 30.0 Å². The number of fused-ring (bicyclic) bond motifs is 6. The van der Waals surface area contributed by atoms with Crippen molar-refractivity contribution in [3.8, 4) is 17.2 Å². The maximum Gasteiger partial charge on any atom is 0.421 e. The summed E-state index contributed by atoms with van der Waals surface area (Å²) in [6, 6.07) is 60.5. The lowest BCUT2D eigenvalue weighted by atomic mass is 9.61. The summed E-state index contributed by atoms with van der Waals surface area (Å²) in [5.74, 6) is 0.925. The topological polar surface area (TPSA) is 33.1 Å². The van der Waals surface area contributed by atoms with E-state index in [0.29, 0.717) is 0 Å². The van der Waals surface area contributed by atoms with Crippen LogP contribution in [-0.2, 0) is 5.41 Å². The van der Waals surface area contributed by atoms with E-state index in [1.165, 1.54) is 65.7 Å². The van der Waals surface area contributed by atoms with Gasteiger partial charge in [-0.15, -0.1) is 0 Å². The number of aromatic nitrogens is 4. The molecule has 2 aliphatic heterocycles. The summed E-state index contributed by atoms with van der Waals surface area (Å²) in [5.41, 5.74) is 16.7. The molecule has 3 aromatic heterocycles. The lowest BCUT2D eigenvalue weighted by Gasteiger charge is -2.34. The largest absolute Gasteiger partial charge is 0.421 e. The number of para-hydroxylation sites is 4. The summed E-state index contributed by atoms with van der Waals surface area (Å²) in [6.45, 7) is 16.2. The molecule has 0 aliphatic carbocycles. The molecule has 7 aromatic carbocycles. The predicted molar refractivity (Wildman–Crippen MR) is 270 cm³/mol. The number of hydrogen-bond donors (Lipinski definition) is 0. The highest BCUT2D eigenvalue weighted by molar-refractivity contribution is 7.02. The van der Waals surface area contributed by atoms with Crippen molar-refractivity contribution in [1.29, 1.82) is 0 Å². The van der Waals surface area contributed by atoms with Crippen molar-refractivity contribution in [3.63, 3.8) is 0 Å². The third-order valence-corrected chi connectivity index (χ3v) is 17.5. The molecule has 0 bridgehead atoms. The van der Waals surface area contributed by atoms with Gasteiger partial charge in [-0.05, 0) is 107 Å². The SMILES string of the molecule is Cc1cccc(C)c1B1N(c2ccc3c4ccccc4n(-c4cc(C(C)(C)C)ccn4)c3c2)c2cc3c(cc2N1c1ccccc1)[Si](C)(C)c1cccc2c1n-3[c-][n+]2-c1ccccc1. The smallest absolute Gasteiger partial charge is 0.360 e. The van der Waals surface area contributed by atoms with Crippen LogP contribution in [-0.4, -0.2) is 29.2 Å². The first-order chi connectivity index (χ1) is 31.0. The summed E-state index contributed by atoms with van der Waals surface area (Å²) in [7, 11) is -2.28. The zero-order valence-corrected chi connectivity index (χ0v) is 38.4. The Morgan fingerprint density at radius 3 is 2.03 bits per heavy atom. The fourth-order valence-corrected chi connectivity index (χ4v) is 13.7. The fourth-order valence-electron chi connectivity index (χ4n) is 10.8. The highest BCUT2D eigenvalue weighted by Crippen LogP contribution is 2.49. The summed E-state index contributed by atoms with van der Waals surface area (Å²) < 4.78 is 6.97. The van der Waals surface area contributed by atoms with Crippen LogP contribution in [0.5, 0.6) is 0 Å². The summed E-state index contributed by atoms with van der Waals surface area (Å²) in [5, 5.41) is 5.25. The molecule has 0 fully saturated rings. The van der Waals surface area contributed by atoms with Crippen molar-refractivity contribution < 1.29 is 4.57 Å². The van der Waals surface area contributed by atoms with E-state index in [9.17, 15) is 0 Å². The second-order valence-corrected chi connectivity index (χ2v) is 23.6. The Bertz CT molecular complexity index is 3490. The second kappa shape index (κ2) is 13.9. The molecule has 310 valence electrons. The number of aryl methyl sites for hydroxylation is 2. The first-order valence-electron chi connectivity index (χ1n) is 22.4. The van der Waals surface area contributed by atoms with Gasteiger partial charge >= 0.3 is 6.98 Å². The Morgan fingerprint density at radius 1 is 0.594 bits per heavy atom. The van der Waals surface area contributed by atoms with Crippen LogP contribution in [0, 0.1) is 20.2 Å². The number of pyridine rings is 1. The molecule has 12 rings (SSSR count). The molecule has 0 atom stereocenters. The van der Waals surface area contributed by atoms with Crippen molar-refractivity contribution in [2.45, 2.75) is 53.1 Å². The van der Waals surface area contributed by atoms with Gasteiger partial charge in [0.1, 0.15) is 13.9 Å². The van der Waals surface area contributed by atoms with Gasteiger partial charge in [0.25, 0.3) is 6.33 Å². The van der Waals surface area contributed by atoms with Crippen LogP contribution in [0.25, 0.3) is 50.0 Å². The molecule has 2 aliphatic rings. The van der Waals surface area contributed by atoms with Gasteiger partial charge < -0.3 is 9.62 Å². The minimum absolute atomic E-state index is 0.0272. The Kier molecular flexibility index (Phi) is 8.38. The van der Waals surface area contributed by atoms with Gasteiger partial charge in [0.15, 0.2) is 0 Å². The van der Waals surface area contributed by atoms with Gasteiger partial charge in [0.05, 0.1) is 44.8 Å². The standard InChI is InChI=1S/C56H49BN6Si/c1-37-18-16-19-38(2)54(37)57-62(41-22-12-9-13-23-41)49-35-52-50(60-36-59(40-20-10-8-11-21-40)46-26-17-27-51(55(46)60)64(52,6)7)34-48(49)63(57)42-28-29-44-43-24-14-15-25-45(43)61(47(44)33-42)53-32-39(30-31-58-53)56(3,4)5/h8-35H,1-7H3. The van der Waals surface area contributed by atoms with Crippen LogP contribution in [0.1, 0.15) is 37.5 Å². The Morgan fingerprint density at radius 2 is 1.27 bits per heavy atom. The second-order valence-electron chi connectivity index (χ2n) is 19.2. The molecular formula is C56H49BN6Si. The molecule has 0 radical (unpaired) electrons. The van der Waals surface area contributed by atoms with E-state index in [4.69, 9.17) is 4.98 Å². The van der Waals surface area contributed by atoms with E-state index in [0.717, 1.165) is 39.6 Å². The van der Waals surface area contributed by atoms with E-state index in [-0.39, 0.29) is 12.4 Å². The van der Waals surface area contributed by atoms with Crippen LogP contribution in [0.3, 0.4) is 0 Å². The average molecular weight is 845 g/mol. The van der Waals surface area contributed by atoms with E-state index in [2.05, 4.69) is 241 Å². The van der Waals surface area contributed by atoms with Gasteiger partial charge in [-0.1, -0.05) is 142 Å². The molecule has 5 heterocycles. The molecule has 0 spiro atoms. The molecular weight excluding hydrogens is 796 g/mol.